The van der Waals surface area contributed by atoms with Crippen LogP contribution >= 0.6 is 0 Å². The van der Waals surface area contributed by atoms with Crippen molar-refractivity contribution in [2.24, 2.45) is 0 Å². The van der Waals surface area contributed by atoms with Gasteiger partial charge in [-0.25, -0.2) is 4.98 Å². The Hall–Kier alpha value is -3.44. The summed E-state index contributed by atoms with van der Waals surface area (Å²) in [6, 6.07) is 17.4. The average molecular weight is 499 g/mol. The van der Waals surface area contributed by atoms with E-state index in [4.69, 9.17) is 4.74 Å². The van der Waals surface area contributed by atoms with E-state index >= 15 is 0 Å². The summed E-state index contributed by atoms with van der Waals surface area (Å²) in [4.78, 5) is 23.3. The Morgan fingerprint density at radius 3 is 2.38 bits per heavy atom. The topological polar surface area (TPSA) is 81.7 Å². The molecule has 2 heterocycles. The Balaban J connectivity index is 1.26. The number of H-pyrrole nitrogens is 1. The van der Waals surface area contributed by atoms with Crippen molar-refractivity contribution in [1.29, 1.82) is 0 Å². The minimum atomic E-state index is -0.501. The van der Waals surface area contributed by atoms with Crippen LogP contribution in [-0.2, 0) is 17.7 Å². The van der Waals surface area contributed by atoms with Gasteiger partial charge in [-0.05, 0) is 55.3 Å². The van der Waals surface area contributed by atoms with Crippen LogP contribution in [0.4, 0.5) is 0 Å². The molecular formula is C30H34N4O3. The molecular weight excluding hydrogens is 464 g/mol. The Morgan fingerprint density at radius 1 is 1.08 bits per heavy atom. The molecule has 2 N–H and O–H groups in total. The quantitative estimate of drug-likeness (QED) is 0.465. The highest BCUT2D eigenvalue weighted by molar-refractivity contribution is 5.44. The van der Waals surface area contributed by atoms with Crippen molar-refractivity contribution in [2.75, 3.05) is 39.9 Å². The number of hydrogen-bond donors (Lipinski definition) is 2. The van der Waals surface area contributed by atoms with Crippen LogP contribution in [0, 0.1) is 11.8 Å². The van der Waals surface area contributed by atoms with Gasteiger partial charge in [-0.3, -0.25) is 9.69 Å². The molecule has 0 radical (unpaired) electrons. The molecule has 2 fully saturated rings. The van der Waals surface area contributed by atoms with Crippen molar-refractivity contribution >= 4 is 0 Å². The Bertz CT molecular complexity index is 1300. The first-order chi connectivity index (χ1) is 18.0. The van der Waals surface area contributed by atoms with Gasteiger partial charge < -0.3 is 19.7 Å². The summed E-state index contributed by atoms with van der Waals surface area (Å²) < 4.78 is 5.43. The molecule has 3 aromatic rings. The van der Waals surface area contributed by atoms with Gasteiger partial charge in [-0.15, -0.1) is 0 Å². The fraction of sp³-hybridized carbons (Fsp3) is 0.400. The highest BCUT2D eigenvalue weighted by Gasteiger charge is 2.29. The summed E-state index contributed by atoms with van der Waals surface area (Å²) in [5.41, 5.74) is 4.31. The molecule has 2 aliphatic rings. The molecule has 37 heavy (non-hydrogen) atoms. The van der Waals surface area contributed by atoms with Gasteiger partial charge in [-0.2, -0.15) is 0 Å². The van der Waals surface area contributed by atoms with Crippen LogP contribution < -0.4 is 5.56 Å². The highest BCUT2D eigenvalue weighted by atomic mass is 16.5. The number of likely N-dealkylation sites (N-methyl/N-ethyl adjacent to an activating group) is 1. The molecule has 1 saturated heterocycles. The summed E-state index contributed by atoms with van der Waals surface area (Å²) in [6.07, 6.45) is 4.29. The first-order valence-electron chi connectivity index (χ1n) is 13.0. The average Bonchev–Trinajstić information content (AvgIpc) is 3.77. The number of hydrogen-bond acceptors (Lipinski definition) is 6. The number of rotatable bonds is 8. The van der Waals surface area contributed by atoms with Crippen molar-refractivity contribution in [3.8, 4) is 17.6 Å². The van der Waals surface area contributed by atoms with Crippen LogP contribution in [0.2, 0.25) is 0 Å². The van der Waals surface area contributed by atoms with Crippen LogP contribution in [0.25, 0.3) is 0 Å². The van der Waals surface area contributed by atoms with E-state index in [1.807, 2.05) is 12.1 Å². The first-order valence-corrected chi connectivity index (χ1v) is 13.0. The molecule has 0 amide bonds. The summed E-state index contributed by atoms with van der Waals surface area (Å²) in [7, 11) is 2.14. The predicted octanol–water partition coefficient (Wildman–Crippen LogP) is 3.13. The van der Waals surface area contributed by atoms with Crippen molar-refractivity contribution in [3.05, 3.63) is 93.2 Å². The number of benzene rings is 2. The Labute approximate surface area is 218 Å². The zero-order chi connectivity index (χ0) is 25.6. The van der Waals surface area contributed by atoms with E-state index in [2.05, 4.69) is 75.1 Å². The SMILES string of the molecule is CN(CC(Cc1nc[nH]c(=O)c1O)c1ccc(C#Cc2ccc(CN3CCOCC3)cc2)cc1)C1CC1. The molecule has 2 aromatic carbocycles. The molecule has 5 rings (SSSR count). The van der Waals surface area contributed by atoms with E-state index in [9.17, 15) is 9.90 Å². The maximum Gasteiger partial charge on any atom is 0.293 e. The van der Waals surface area contributed by atoms with Crippen molar-refractivity contribution < 1.29 is 9.84 Å². The summed E-state index contributed by atoms with van der Waals surface area (Å²) in [6.45, 7) is 5.37. The number of aromatic nitrogens is 2. The third-order valence-electron chi connectivity index (χ3n) is 7.22. The molecule has 192 valence electrons. The molecule has 7 nitrogen and oxygen atoms in total. The zero-order valence-corrected chi connectivity index (χ0v) is 21.3. The van der Waals surface area contributed by atoms with Crippen LogP contribution in [-0.4, -0.2) is 70.8 Å². The maximum absolute atomic E-state index is 11.9. The maximum atomic E-state index is 11.9. The zero-order valence-electron chi connectivity index (χ0n) is 21.3. The van der Waals surface area contributed by atoms with Crippen molar-refractivity contribution in [3.63, 3.8) is 0 Å². The normalized spacial score (nSPS) is 16.8. The first kappa shape index (κ1) is 25.2. The molecule has 0 spiro atoms. The third-order valence-corrected chi connectivity index (χ3v) is 7.22. The smallest absolute Gasteiger partial charge is 0.293 e. The predicted molar refractivity (Wildman–Crippen MR) is 144 cm³/mol. The number of aromatic amines is 1. The molecule has 1 unspecified atom stereocenters. The van der Waals surface area contributed by atoms with Gasteiger partial charge in [0.15, 0.2) is 0 Å². The second-order valence-electron chi connectivity index (χ2n) is 10.1. The Morgan fingerprint density at radius 2 is 1.73 bits per heavy atom. The van der Waals surface area contributed by atoms with Crippen LogP contribution in [0.5, 0.6) is 5.75 Å². The van der Waals surface area contributed by atoms with E-state index in [-0.39, 0.29) is 11.7 Å². The van der Waals surface area contributed by atoms with Crippen LogP contribution in [0.1, 0.15) is 46.7 Å². The summed E-state index contributed by atoms with van der Waals surface area (Å²) in [5.74, 6) is 6.37. The number of ether oxygens (including phenoxy) is 1. The van der Waals surface area contributed by atoms with Gasteiger partial charge in [0, 0.05) is 55.7 Å². The lowest BCUT2D eigenvalue weighted by Crippen LogP contribution is -2.35. The van der Waals surface area contributed by atoms with Gasteiger partial charge in [-0.1, -0.05) is 36.1 Å². The number of nitrogens with zero attached hydrogens (tertiary/aromatic N) is 3. The Kier molecular flexibility index (Phi) is 8.00. The van der Waals surface area contributed by atoms with Crippen molar-refractivity contribution in [2.45, 2.75) is 37.8 Å². The lowest BCUT2D eigenvalue weighted by Gasteiger charge is -2.26. The standard InChI is InChI=1S/C30H34N4O3/c1-33(27-12-13-27)20-26(18-28-29(35)30(36)32-21-31-28)25-10-8-23(9-11-25)3-2-22-4-6-24(7-5-22)19-34-14-16-37-17-15-34/h4-11,21,26-27,35H,12-20H2,1H3,(H,31,32,36). The van der Waals surface area contributed by atoms with E-state index in [1.165, 1.54) is 24.7 Å². The molecule has 1 aromatic heterocycles. The van der Waals surface area contributed by atoms with Crippen LogP contribution in [0.15, 0.2) is 59.7 Å². The van der Waals surface area contributed by atoms with E-state index in [0.29, 0.717) is 18.2 Å². The summed E-state index contributed by atoms with van der Waals surface area (Å²) >= 11 is 0. The summed E-state index contributed by atoms with van der Waals surface area (Å²) in [5, 5.41) is 10.2. The number of nitrogens with one attached hydrogen (secondary N) is 1. The van der Waals surface area contributed by atoms with Gasteiger partial charge in [0.25, 0.3) is 5.56 Å². The monoisotopic (exact) mass is 498 g/mol. The lowest BCUT2D eigenvalue weighted by molar-refractivity contribution is 0.0342. The molecule has 0 bridgehead atoms. The van der Waals surface area contributed by atoms with Gasteiger partial charge in [0.05, 0.1) is 25.2 Å². The second kappa shape index (κ2) is 11.7. The second-order valence-corrected chi connectivity index (χ2v) is 10.1. The van der Waals surface area contributed by atoms with Gasteiger partial charge in [0.1, 0.15) is 0 Å². The van der Waals surface area contributed by atoms with Gasteiger partial charge in [0.2, 0.25) is 5.75 Å². The fourth-order valence-electron chi connectivity index (χ4n) is 4.81. The molecule has 1 aliphatic carbocycles. The van der Waals surface area contributed by atoms with E-state index in [1.54, 1.807) is 0 Å². The number of aromatic hydroxyl groups is 1. The molecule has 7 heteroatoms. The van der Waals surface area contributed by atoms with Gasteiger partial charge >= 0.3 is 0 Å². The van der Waals surface area contributed by atoms with Crippen molar-refractivity contribution in [1.82, 2.24) is 19.8 Å². The molecule has 1 saturated carbocycles. The highest BCUT2D eigenvalue weighted by Crippen LogP contribution is 2.30. The molecule has 1 atom stereocenters. The van der Waals surface area contributed by atoms with E-state index < -0.39 is 5.56 Å². The minimum Gasteiger partial charge on any atom is -0.502 e. The third kappa shape index (κ3) is 6.86. The van der Waals surface area contributed by atoms with Crippen LogP contribution in [0.3, 0.4) is 0 Å². The minimum absolute atomic E-state index is 0.104. The van der Waals surface area contributed by atoms with E-state index in [0.717, 1.165) is 56.1 Å². The molecule has 1 aliphatic heterocycles. The number of morpholine rings is 1. The fourth-order valence-corrected chi connectivity index (χ4v) is 4.81. The largest absolute Gasteiger partial charge is 0.502 e. The lowest BCUT2D eigenvalue weighted by atomic mass is 9.92.